The van der Waals surface area contributed by atoms with E-state index >= 15 is 0 Å². The lowest BCUT2D eigenvalue weighted by molar-refractivity contribution is -0.139. The molecule has 0 saturated heterocycles. The van der Waals surface area contributed by atoms with E-state index in [1.54, 1.807) is 6.07 Å². The normalized spacial score (nSPS) is 15.2. The fraction of sp³-hybridized carbons (Fsp3) is 0.476. The molecule has 0 atom stereocenters. The summed E-state index contributed by atoms with van der Waals surface area (Å²) in [6, 6.07) is 5.52. The number of pyridine rings is 1. The van der Waals surface area contributed by atoms with E-state index in [-0.39, 0.29) is 6.61 Å². The molecule has 0 radical (unpaired) electrons. The van der Waals surface area contributed by atoms with Crippen LogP contribution in [0.1, 0.15) is 39.0 Å². The van der Waals surface area contributed by atoms with Crippen LogP contribution in [-0.4, -0.2) is 39.0 Å². The van der Waals surface area contributed by atoms with Gasteiger partial charge in [-0.15, -0.1) is 0 Å². The molecule has 0 amide bonds. The average molecular weight is 382 g/mol. The maximum absolute atomic E-state index is 10.8. The van der Waals surface area contributed by atoms with Crippen LogP contribution in [0, 0.1) is 5.92 Å². The number of fused-ring (bicyclic) bond motifs is 2. The maximum atomic E-state index is 10.8. The molecule has 2 aromatic heterocycles. The highest BCUT2D eigenvalue weighted by Gasteiger charge is 2.17. The van der Waals surface area contributed by atoms with Crippen molar-refractivity contribution in [3.63, 3.8) is 0 Å². The van der Waals surface area contributed by atoms with Gasteiger partial charge < -0.3 is 15.2 Å². The molecule has 2 heterocycles. The highest BCUT2D eigenvalue weighted by atomic mass is 16.5. The van der Waals surface area contributed by atoms with Crippen molar-refractivity contribution in [3.05, 3.63) is 24.4 Å². The van der Waals surface area contributed by atoms with Gasteiger partial charge in [0.1, 0.15) is 5.75 Å². The van der Waals surface area contributed by atoms with Gasteiger partial charge in [0, 0.05) is 18.5 Å². The molecule has 3 aromatic rings. The van der Waals surface area contributed by atoms with E-state index in [0.29, 0.717) is 11.7 Å². The van der Waals surface area contributed by atoms with Crippen LogP contribution >= 0.6 is 0 Å². The molecule has 1 aromatic carbocycles. The Hall–Kier alpha value is -2.83. The third-order valence-corrected chi connectivity index (χ3v) is 5.50. The second kappa shape index (κ2) is 8.04. The summed E-state index contributed by atoms with van der Waals surface area (Å²) in [5.41, 5.74) is 2.71. The van der Waals surface area contributed by atoms with Crippen molar-refractivity contribution >= 4 is 33.6 Å². The van der Waals surface area contributed by atoms with Crippen molar-refractivity contribution in [1.82, 2.24) is 14.8 Å². The van der Waals surface area contributed by atoms with Gasteiger partial charge in [-0.25, -0.2) is 14.5 Å². The zero-order valence-corrected chi connectivity index (χ0v) is 16.1. The number of carboxylic acid groups (broad SMARTS) is 1. The number of hydrogen-bond acceptors (Lipinski definition) is 5. The molecule has 0 aliphatic heterocycles. The lowest BCUT2D eigenvalue weighted by Crippen LogP contribution is -2.17. The summed E-state index contributed by atoms with van der Waals surface area (Å²) in [7, 11) is 0. The minimum Gasteiger partial charge on any atom is -0.482 e. The summed E-state index contributed by atoms with van der Waals surface area (Å²) in [5.74, 6) is 0.216. The molecular formula is C21H26N4O3. The van der Waals surface area contributed by atoms with Gasteiger partial charge in [-0.2, -0.15) is 5.10 Å². The Kier molecular flexibility index (Phi) is 5.32. The molecule has 0 bridgehead atoms. The SMILES string of the molecule is CCn1ncc2c(NCC3CCCCC3)c3cc(OCC(=O)O)ccc3nc21. The first-order valence-corrected chi connectivity index (χ1v) is 10.0. The lowest BCUT2D eigenvalue weighted by atomic mass is 9.89. The van der Waals surface area contributed by atoms with Gasteiger partial charge in [0.05, 0.1) is 22.8 Å². The third-order valence-electron chi connectivity index (χ3n) is 5.50. The van der Waals surface area contributed by atoms with Crippen LogP contribution in [0.2, 0.25) is 0 Å². The summed E-state index contributed by atoms with van der Waals surface area (Å²) in [5, 5.41) is 18.9. The number of nitrogens with zero attached hydrogens (tertiary/aromatic N) is 3. The van der Waals surface area contributed by atoms with Crippen molar-refractivity contribution < 1.29 is 14.6 Å². The molecule has 2 N–H and O–H groups in total. The van der Waals surface area contributed by atoms with Crippen molar-refractivity contribution in [2.75, 3.05) is 18.5 Å². The maximum Gasteiger partial charge on any atom is 0.341 e. The van der Waals surface area contributed by atoms with Crippen LogP contribution < -0.4 is 10.1 Å². The Morgan fingerprint density at radius 2 is 2.11 bits per heavy atom. The van der Waals surface area contributed by atoms with Crippen molar-refractivity contribution in [2.24, 2.45) is 5.92 Å². The van der Waals surface area contributed by atoms with E-state index in [2.05, 4.69) is 17.3 Å². The number of benzene rings is 1. The lowest BCUT2D eigenvalue weighted by Gasteiger charge is -2.23. The second-order valence-electron chi connectivity index (χ2n) is 7.43. The smallest absolute Gasteiger partial charge is 0.341 e. The molecule has 1 saturated carbocycles. The minimum absolute atomic E-state index is 0.361. The summed E-state index contributed by atoms with van der Waals surface area (Å²) in [6.45, 7) is 3.37. The summed E-state index contributed by atoms with van der Waals surface area (Å²) in [4.78, 5) is 15.6. The van der Waals surface area contributed by atoms with Gasteiger partial charge in [-0.3, -0.25) is 0 Å². The van der Waals surface area contributed by atoms with E-state index in [9.17, 15) is 4.79 Å². The first kappa shape index (κ1) is 18.5. The number of hydrogen-bond donors (Lipinski definition) is 2. The summed E-state index contributed by atoms with van der Waals surface area (Å²) in [6.07, 6.45) is 8.34. The van der Waals surface area contributed by atoms with Crippen LogP contribution in [0.15, 0.2) is 24.4 Å². The van der Waals surface area contributed by atoms with E-state index in [1.807, 2.05) is 23.0 Å². The number of anilines is 1. The molecule has 1 fully saturated rings. The van der Waals surface area contributed by atoms with Gasteiger partial charge in [0.15, 0.2) is 12.3 Å². The predicted molar refractivity (Wildman–Crippen MR) is 109 cm³/mol. The quantitative estimate of drug-likeness (QED) is 0.640. The minimum atomic E-state index is -0.992. The summed E-state index contributed by atoms with van der Waals surface area (Å²) < 4.78 is 7.29. The number of carboxylic acids is 1. The monoisotopic (exact) mass is 382 g/mol. The molecule has 148 valence electrons. The number of rotatable bonds is 7. The molecule has 0 spiro atoms. The molecule has 28 heavy (non-hydrogen) atoms. The fourth-order valence-electron chi connectivity index (χ4n) is 4.04. The first-order chi connectivity index (χ1) is 13.7. The van der Waals surface area contributed by atoms with Crippen molar-refractivity contribution in [3.8, 4) is 5.75 Å². The van der Waals surface area contributed by atoms with Crippen LogP contribution in [-0.2, 0) is 11.3 Å². The largest absolute Gasteiger partial charge is 0.482 e. The Balaban J connectivity index is 1.74. The Bertz CT molecular complexity index is 992. The van der Waals surface area contributed by atoms with Gasteiger partial charge in [0.25, 0.3) is 0 Å². The van der Waals surface area contributed by atoms with Gasteiger partial charge in [0.2, 0.25) is 0 Å². The van der Waals surface area contributed by atoms with Gasteiger partial charge >= 0.3 is 5.97 Å². The Labute approximate surface area is 163 Å². The van der Waals surface area contributed by atoms with Crippen LogP contribution in [0.3, 0.4) is 0 Å². The highest BCUT2D eigenvalue weighted by molar-refractivity contribution is 6.06. The van der Waals surface area contributed by atoms with E-state index in [1.165, 1.54) is 32.1 Å². The number of ether oxygens (including phenoxy) is 1. The first-order valence-electron chi connectivity index (χ1n) is 10.0. The zero-order chi connectivity index (χ0) is 19.5. The van der Waals surface area contributed by atoms with Crippen LogP contribution in [0.4, 0.5) is 5.69 Å². The number of carbonyl (C=O) groups is 1. The number of aromatic nitrogens is 3. The zero-order valence-electron chi connectivity index (χ0n) is 16.1. The summed E-state index contributed by atoms with van der Waals surface area (Å²) >= 11 is 0. The Morgan fingerprint density at radius 1 is 1.29 bits per heavy atom. The second-order valence-corrected chi connectivity index (χ2v) is 7.43. The molecule has 1 aliphatic rings. The molecule has 7 nitrogen and oxygen atoms in total. The number of aliphatic carboxylic acids is 1. The van der Waals surface area contributed by atoms with Gasteiger partial charge in [-0.05, 0) is 43.9 Å². The molecular weight excluding hydrogens is 356 g/mol. The van der Waals surface area contributed by atoms with Crippen LogP contribution in [0.5, 0.6) is 5.75 Å². The standard InChI is InChI=1S/C21H26N4O3/c1-2-25-21-17(12-23-25)20(22-11-14-6-4-3-5-7-14)16-10-15(28-13-19(26)27)8-9-18(16)24-21/h8-10,12,14H,2-7,11,13H2,1H3,(H,22,24)(H,26,27). The fourth-order valence-corrected chi connectivity index (χ4v) is 4.04. The Morgan fingerprint density at radius 3 is 2.86 bits per heavy atom. The van der Waals surface area contributed by atoms with E-state index in [0.717, 1.165) is 40.7 Å². The molecule has 0 unspecified atom stereocenters. The third kappa shape index (κ3) is 3.74. The number of nitrogens with one attached hydrogen (secondary N) is 1. The molecule has 7 heteroatoms. The molecule has 1 aliphatic carbocycles. The van der Waals surface area contributed by atoms with E-state index < -0.39 is 5.97 Å². The number of aryl methyl sites for hydroxylation is 1. The van der Waals surface area contributed by atoms with Crippen LogP contribution in [0.25, 0.3) is 21.9 Å². The average Bonchev–Trinajstić information content (AvgIpc) is 3.13. The van der Waals surface area contributed by atoms with Crippen molar-refractivity contribution in [2.45, 2.75) is 45.6 Å². The van der Waals surface area contributed by atoms with Crippen molar-refractivity contribution in [1.29, 1.82) is 0 Å². The van der Waals surface area contributed by atoms with Gasteiger partial charge in [-0.1, -0.05) is 19.3 Å². The topological polar surface area (TPSA) is 89.3 Å². The van der Waals surface area contributed by atoms with E-state index in [4.69, 9.17) is 14.8 Å². The highest BCUT2D eigenvalue weighted by Crippen LogP contribution is 2.34. The molecule has 4 rings (SSSR count). The predicted octanol–water partition coefficient (Wildman–Crippen LogP) is 4.06.